The highest BCUT2D eigenvalue weighted by molar-refractivity contribution is 6.01. The van der Waals surface area contributed by atoms with E-state index in [1.807, 2.05) is 30.3 Å². The number of benzene rings is 2. The van der Waals surface area contributed by atoms with Crippen LogP contribution >= 0.6 is 0 Å². The maximum absolute atomic E-state index is 11.1. The molecule has 0 aromatic heterocycles. The molecule has 2 heteroatoms. The van der Waals surface area contributed by atoms with E-state index in [1.54, 1.807) is 13.2 Å². The number of ether oxygens (including phenoxy) is 1. The summed E-state index contributed by atoms with van der Waals surface area (Å²) in [5.41, 5.74) is 1.53. The molecule has 0 N–H and O–H groups in total. The van der Waals surface area contributed by atoms with Crippen LogP contribution in [0.1, 0.15) is 15.9 Å². The summed E-state index contributed by atoms with van der Waals surface area (Å²) >= 11 is 0. The van der Waals surface area contributed by atoms with Gasteiger partial charge in [0.15, 0.2) is 6.29 Å². The van der Waals surface area contributed by atoms with Crippen LogP contribution in [0.25, 0.3) is 16.8 Å². The first kappa shape index (κ1) is 10.4. The van der Waals surface area contributed by atoms with Crippen molar-refractivity contribution in [3.8, 4) is 5.75 Å². The summed E-state index contributed by atoms with van der Waals surface area (Å²) in [7, 11) is 1.62. The quantitative estimate of drug-likeness (QED) is 0.729. The molecule has 0 saturated heterocycles. The Morgan fingerprint density at radius 2 is 2.06 bits per heavy atom. The highest BCUT2D eigenvalue weighted by Crippen LogP contribution is 2.25. The fraction of sp³-hybridized carbons (Fsp3) is 0.0714. The average molecular weight is 212 g/mol. The maximum atomic E-state index is 11.1. The Kier molecular flexibility index (Phi) is 2.73. The molecule has 0 unspecified atom stereocenters. The zero-order valence-corrected chi connectivity index (χ0v) is 9.07. The van der Waals surface area contributed by atoms with Crippen LogP contribution in [-0.2, 0) is 0 Å². The number of carbonyl (C=O) groups excluding carboxylic acids is 1. The third kappa shape index (κ3) is 1.58. The lowest BCUT2D eigenvalue weighted by molar-refractivity contribution is 0.112. The first-order valence-electron chi connectivity index (χ1n) is 4.98. The van der Waals surface area contributed by atoms with Crippen molar-refractivity contribution in [2.75, 3.05) is 7.11 Å². The van der Waals surface area contributed by atoms with Gasteiger partial charge in [-0.05, 0) is 34.5 Å². The molecule has 16 heavy (non-hydrogen) atoms. The van der Waals surface area contributed by atoms with Crippen LogP contribution in [0.4, 0.5) is 0 Å². The van der Waals surface area contributed by atoms with Crippen molar-refractivity contribution >= 4 is 23.1 Å². The molecule has 0 atom stereocenters. The van der Waals surface area contributed by atoms with E-state index in [-0.39, 0.29) is 0 Å². The van der Waals surface area contributed by atoms with Gasteiger partial charge in [-0.1, -0.05) is 24.8 Å². The lowest BCUT2D eigenvalue weighted by atomic mass is 9.99. The van der Waals surface area contributed by atoms with Crippen LogP contribution in [0.15, 0.2) is 36.9 Å². The third-order valence-electron chi connectivity index (χ3n) is 2.64. The summed E-state index contributed by atoms with van der Waals surface area (Å²) in [6, 6.07) is 9.50. The van der Waals surface area contributed by atoms with Crippen molar-refractivity contribution in [2.45, 2.75) is 0 Å². The molecule has 2 nitrogen and oxygen atoms in total. The van der Waals surface area contributed by atoms with E-state index in [1.165, 1.54) is 0 Å². The zero-order valence-electron chi connectivity index (χ0n) is 9.07. The molecule has 0 aliphatic heterocycles. The van der Waals surface area contributed by atoms with E-state index in [4.69, 9.17) is 4.74 Å². The molecule has 0 heterocycles. The predicted molar refractivity (Wildman–Crippen MR) is 66.0 cm³/mol. The Balaban J connectivity index is 2.78. The van der Waals surface area contributed by atoms with Crippen LogP contribution in [0.2, 0.25) is 0 Å². The second kappa shape index (κ2) is 4.19. The van der Waals surface area contributed by atoms with Crippen LogP contribution in [-0.4, -0.2) is 13.4 Å². The van der Waals surface area contributed by atoms with E-state index in [0.717, 1.165) is 28.4 Å². The van der Waals surface area contributed by atoms with Gasteiger partial charge in [0.2, 0.25) is 0 Å². The zero-order chi connectivity index (χ0) is 11.5. The van der Waals surface area contributed by atoms with E-state index in [0.29, 0.717) is 5.56 Å². The Bertz CT molecular complexity index is 556. The summed E-state index contributed by atoms with van der Waals surface area (Å²) in [6.45, 7) is 3.70. The van der Waals surface area contributed by atoms with E-state index in [2.05, 4.69) is 6.58 Å². The fourth-order valence-corrected chi connectivity index (χ4v) is 1.79. The van der Waals surface area contributed by atoms with Gasteiger partial charge in [-0.2, -0.15) is 0 Å². The lowest BCUT2D eigenvalue weighted by Gasteiger charge is -2.06. The van der Waals surface area contributed by atoms with Crippen molar-refractivity contribution in [1.29, 1.82) is 0 Å². The highest BCUT2D eigenvalue weighted by atomic mass is 16.5. The molecule has 2 rings (SSSR count). The fourth-order valence-electron chi connectivity index (χ4n) is 1.79. The van der Waals surface area contributed by atoms with Crippen LogP contribution in [0.5, 0.6) is 5.75 Å². The lowest BCUT2D eigenvalue weighted by Crippen LogP contribution is -1.90. The first-order valence-corrected chi connectivity index (χ1v) is 4.98. The van der Waals surface area contributed by atoms with Gasteiger partial charge < -0.3 is 4.74 Å². The SMILES string of the molecule is C=Cc1ccc2cc(OC)ccc2c1C=O. The first-order chi connectivity index (χ1) is 7.80. The molecule has 0 spiro atoms. The predicted octanol–water partition coefficient (Wildman–Crippen LogP) is 3.30. The Hall–Kier alpha value is -2.09. The monoisotopic (exact) mass is 212 g/mol. The summed E-state index contributed by atoms with van der Waals surface area (Å²) in [6.07, 6.45) is 2.55. The standard InChI is InChI=1S/C14H12O2/c1-3-10-4-5-11-8-12(16-2)6-7-13(11)14(10)9-15/h3-9H,1H2,2H3. The van der Waals surface area contributed by atoms with Crippen LogP contribution in [0, 0.1) is 0 Å². The molecule has 0 radical (unpaired) electrons. The summed E-state index contributed by atoms with van der Waals surface area (Å²) in [5.74, 6) is 0.788. The Labute approximate surface area is 94.2 Å². The van der Waals surface area contributed by atoms with Gasteiger partial charge in [0, 0.05) is 5.56 Å². The number of hydrogen-bond acceptors (Lipinski definition) is 2. The van der Waals surface area contributed by atoms with Crippen LogP contribution in [0.3, 0.4) is 0 Å². The van der Waals surface area contributed by atoms with Crippen molar-refractivity contribution in [2.24, 2.45) is 0 Å². The number of hydrogen-bond donors (Lipinski definition) is 0. The molecule has 0 fully saturated rings. The Morgan fingerprint density at radius 3 is 2.69 bits per heavy atom. The summed E-state index contributed by atoms with van der Waals surface area (Å²) in [4.78, 5) is 11.1. The van der Waals surface area contributed by atoms with E-state index in [9.17, 15) is 4.79 Å². The molecule has 2 aromatic rings. The van der Waals surface area contributed by atoms with Gasteiger partial charge in [0.05, 0.1) is 7.11 Å². The van der Waals surface area contributed by atoms with E-state index >= 15 is 0 Å². The average Bonchev–Trinajstić information content (AvgIpc) is 2.36. The largest absolute Gasteiger partial charge is 0.497 e. The minimum atomic E-state index is 0.676. The van der Waals surface area contributed by atoms with Gasteiger partial charge in [0.25, 0.3) is 0 Å². The molecular formula is C14H12O2. The van der Waals surface area contributed by atoms with Crippen molar-refractivity contribution in [3.63, 3.8) is 0 Å². The number of fused-ring (bicyclic) bond motifs is 1. The van der Waals surface area contributed by atoms with Crippen LogP contribution < -0.4 is 4.74 Å². The topological polar surface area (TPSA) is 26.3 Å². The maximum Gasteiger partial charge on any atom is 0.151 e. The van der Waals surface area contributed by atoms with Gasteiger partial charge in [-0.15, -0.1) is 0 Å². The second-order valence-corrected chi connectivity index (χ2v) is 3.48. The number of rotatable bonds is 3. The number of methoxy groups -OCH3 is 1. The number of carbonyl (C=O) groups is 1. The second-order valence-electron chi connectivity index (χ2n) is 3.48. The molecule has 2 aromatic carbocycles. The molecule has 80 valence electrons. The molecule has 0 amide bonds. The van der Waals surface area contributed by atoms with Crippen molar-refractivity contribution in [3.05, 3.63) is 48.0 Å². The molecule has 0 bridgehead atoms. The van der Waals surface area contributed by atoms with Gasteiger partial charge in [-0.3, -0.25) is 4.79 Å². The summed E-state index contributed by atoms with van der Waals surface area (Å²) in [5, 5.41) is 1.92. The van der Waals surface area contributed by atoms with Crippen molar-refractivity contribution in [1.82, 2.24) is 0 Å². The normalized spacial score (nSPS) is 10.1. The molecule has 0 aliphatic rings. The smallest absolute Gasteiger partial charge is 0.151 e. The minimum Gasteiger partial charge on any atom is -0.497 e. The number of aldehydes is 1. The highest BCUT2D eigenvalue weighted by Gasteiger charge is 2.05. The van der Waals surface area contributed by atoms with Gasteiger partial charge in [-0.25, -0.2) is 0 Å². The molecule has 0 saturated carbocycles. The summed E-state index contributed by atoms with van der Waals surface area (Å²) < 4.78 is 5.14. The molecule has 0 aliphatic carbocycles. The van der Waals surface area contributed by atoms with Gasteiger partial charge >= 0.3 is 0 Å². The molecular weight excluding hydrogens is 200 g/mol. The minimum absolute atomic E-state index is 0.676. The third-order valence-corrected chi connectivity index (χ3v) is 2.64. The van der Waals surface area contributed by atoms with Crippen molar-refractivity contribution < 1.29 is 9.53 Å². The van der Waals surface area contributed by atoms with Gasteiger partial charge in [0.1, 0.15) is 5.75 Å². The van der Waals surface area contributed by atoms with E-state index < -0.39 is 0 Å². The Morgan fingerprint density at radius 1 is 1.25 bits per heavy atom.